The zero-order chi connectivity index (χ0) is 21.5. The summed E-state index contributed by atoms with van der Waals surface area (Å²) >= 11 is 0. The van der Waals surface area contributed by atoms with Gasteiger partial charge in [0, 0.05) is 0 Å². The summed E-state index contributed by atoms with van der Waals surface area (Å²) in [5, 5.41) is 12.4. The molecule has 2 aliphatic rings. The molecule has 0 unspecified atom stereocenters. The highest BCUT2D eigenvalue weighted by Gasteiger charge is 2.18. The highest BCUT2D eigenvalue weighted by atomic mass is 16.6. The normalized spacial score (nSPS) is 15.3. The van der Waals surface area contributed by atoms with Crippen molar-refractivity contribution in [3.05, 3.63) is 59.7 Å². The molecular formula is C22H26N4O5. The van der Waals surface area contributed by atoms with E-state index in [2.05, 4.69) is 10.2 Å². The van der Waals surface area contributed by atoms with Crippen LogP contribution in [0.5, 0.6) is 11.5 Å². The van der Waals surface area contributed by atoms with Gasteiger partial charge < -0.3 is 23.7 Å². The minimum Gasteiger partial charge on any atom is -0.497 e. The average Bonchev–Trinajstić information content (AvgIpc) is 3.44. The molecule has 9 heteroatoms. The van der Waals surface area contributed by atoms with Crippen LogP contribution in [0.3, 0.4) is 0 Å². The lowest BCUT2D eigenvalue weighted by atomic mass is 10.1. The van der Waals surface area contributed by atoms with Crippen molar-refractivity contribution in [1.29, 1.82) is 0 Å². The van der Waals surface area contributed by atoms with Crippen molar-refractivity contribution >= 4 is 11.8 Å². The maximum Gasteiger partial charge on any atom is 0.212 e. The zero-order valence-corrected chi connectivity index (χ0v) is 17.7. The van der Waals surface area contributed by atoms with Crippen molar-refractivity contribution in [2.45, 2.75) is 12.8 Å². The first-order valence-electron chi connectivity index (χ1n) is 9.96. The first-order valence-corrected chi connectivity index (χ1v) is 9.96. The predicted molar refractivity (Wildman–Crippen MR) is 115 cm³/mol. The summed E-state index contributed by atoms with van der Waals surface area (Å²) in [4.78, 5) is 0. The molecule has 0 amide bonds. The van der Waals surface area contributed by atoms with E-state index in [9.17, 15) is 0 Å². The van der Waals surface area contributed by atoms with E-state index in [0.29, 0.717) is 51.6 Å². The number of benzene rings is 2. The number of ether oxygens (including phenoxy) is 5. The molecule has 0 aliphatic carbocycles. The second kappa shape index (κ2) is 10.0. The number of rotatable bonds is 10. The molecule has 0 saturated heterocycles. The fraction of sp³-hybridized carbons (Fsp3) is 0.364. The first-order chi connectivity index (χ1) is 15.2. The lowest BCUT2D eigenvalue weighted by molar-refractivity contribution is -0.0503. The third-order valence-electron chi connectivity index (χ3n) is 4.78. The average molecular weight is 426 g/mol. The molecule has 2 heterocycles. The largest absolute Gasteiger partial charge is 0.497 e. The molecule has 0 N–H and O–H groups in total. The van der Waals surface area contributed by atoms with Crippen molar-refractivity contribution in [2.24, 2.45) is 10.2 Å². The Morgan fingerprint density at radius 2 is 1.13 bits per heavy atom. The molecule has 0 saturated carbocycles. The lowest BCUT2D eigenvalue weighted by Gasteiger charge is -2.15. The van der Waals surface area contributed by atoms with Gasteiger partial charge >= 0.3 is 0 Å². The SMILES string of the molecule is COc1ccc(CC2=NN(COCN3COC(Cc4ccc(OC)cc4)=N3)CO2)cc1. The van der Waals surface area contributed by atoms with Crippen LogP contribution in [0.2, 0.25) is 0 Å². The molecule has 2 aromatic carbocycles. The number of hydrazone groups is 2. The fourth-order valence-corrected chi connectivity index (χ4v) is 3.12. The Kier molecular flexibility index (Phi) is 6.73. The summed E-state index contributed by atoms with van der Waals surface area (Å²) in [6, 6.07) is 15.7. The third kappa shape index (κ3) is 5.79. The van der Waals surface area contributed by atoms with E-state index in [4.69, 9.17) is 23.7 Å². The minimum atomic E-state index is 0.311. The van der Waals surface area contributed by atoms with E-state index in [-0.39, 0.29) is 0 Å². The molecule has 4 rings (SSSR count). The molecule has 0 atom stereocenters. The molecule has 0 bridgehead atoms. The Labute approximate surface area is 181 Å². The Bertz CT molecular complexity index is 839. The molecule has 9 nitrogen and oxygen atoms in total. The van der Waals surface area contributed by atoms with Crippen LogP contribution in [0, 0.1) is 0 Å². The van der Waals surface area contributed by atoms with Crippen LogP contribution in [0.4, 0.5) is 0 Å². The standard InChI is InChI=1S/C22H26N4O5/c1-27-19-7-3-17(4-8-19)11-21-23-25(15-30-21)13-29-14-26-16-31-22(24-26)12-18-5-9-20(28-2)10-6-18/h3-10H,11-16H2,1-2H3. The van der Waals surface area contributed by atoms with Gasteiger partial charge in [-0.3, -0.25) is 0 Å². The van der Waals surface area contributed by atoms with E-state index >= 15 is 0 Å². The van der Waals surface area contributed by atoms with Gasteiger partial charge in [-0.2, -0.15) is 0 Å². The Morgan fingerprint density at radius 1 is 0.710 bits per heavy atom. The zero-order valence-electron chi connectivity index (χ0n) is 17.7. The second-order valence-electron chi connectivity index (χ2n) is 7.06. The summed E-state index contributed by atoms with van der Waals surface area (Å²) in [7, 11) is 3.30. The maximum absolute atomic E-state index is 5.70. The minimum absolute atomic E-state index is 0.311. The number of methoxy groups -OCH3 is 2. The van der Waals surface area contributed by atoms with Crippen molar-refractivity contribution in [2.75, 3.05) is 41.1 Å². The molecule has 164 valence electrons. The lowest BCUT2D eigenvalue weighted by Crippen LogP contribution is -2.25. The van der Waals surface area contributed by atoms with Crippen molar-refractivity contribution < 1.29 is 23.7 Å². The van der Waals surface area contributed by atoms with Crippen molar-refractivity contribution in [1.82, 2.24) is 10.0 Å². The Balaban J connectivity index is 1.18. The molecule has 2 aromatic rings. The van der Waals surface area contributed by atoms with Gasteiger partial charge in [-0.25, -0.2) is 10.0 Å². The highest BCUT2D eigenvalue weighted by molar-refractivity contribution is 5.79. The summed E-state index contributed by atoms with van der Waals surface area (Å²) in [5.74, 6) is 2.98. The van der Waals surface area contributed by atoms with Gasteiger partial charge in [0.15, 0.2) is 13.5 Å². The van der Waals surface area contributed by atoms with Gasteiger partial charge in [-0.1, -0.05) is 24.3 Å². The quantitative estimate of drug-likeness (QED) is 0.578. The maximum atomic E-state index is 5.70. The van der Waals surface area contributed by atoms with Crippen LogP contribution in [-0.4, -0.2) is 63.0 Å². The monoisotopic (exact) mass is 426 g/mol. The van der Waals surface area contributed by atoms with Gasteiger partial charge in [0.25, 0.3) is 0 Å². The van der Waals surface area contributed by atoms with Gasteiger partial charge in [-0.15, -0.1) is 10.2 Å². The summed E-state index contributed by atoms with van der Waals surface area (Å²) in [6.07, 6.45) is 1.25. The molecule has 0 fully saturated rings. The van der Waals surface area contributed by atoms with Crippen LogP contribution >= 0.6 is 0 Å². The third-order valence-corrected chi connectivity index (χ3v) is 4.78. The van der Waals surface area contributed by atoms with Crippen LogP contribution < -0.4 is 9.47 Å². The van der Waals surface area contributed by atoms with Crippen LogP contribution in [0.25, 0.3) is 0 Å². The van der Waals surface area contributed by atoms with Crippen molar-refractivity contribution in [3.63, 3.8) is 0 Å². The molecule has 0 spiro atoms. The molecule has 31 heavy (non-hydrogen) atoms. The molecular weight excluding hydrogens is 400 g/mol. The Morgan fingerprint density at radius 3 is 1.52 bits per heavy atom. The van der Waals surface area contributed by atoms with Crippen molar-refractivity contribution in [3.8, 4) is 11.5 Å². The van der Waals surface area contributed by atoms with E-state index < -0.39 is 0 Å². The summed E-state index contributed by atoms with van der Waals surface area (Å²) in [6.45, 7) is 1.36. The molecule has 2 aliphatic heterocycles. The fourth-order valence-electron chi connectivity index (χ4n) is 3.12. The highest BCUT2D eigenvalue weighted by Crippen LogP contribution is 2.16. The Hall–Kier alpha value is -3.46. The topological polar surface area (TPSA) is 77.4 Å². The van der Waals surface area contributed by atoms with Gasteiger partial charge in [0.2, 0.25) is 11.8 Å². The number of nitrogens with zero attached hydrogens (tertiary/aromatic N) is 4. The number of hydrogen-bond acceptors (Lipinski definition) is 9. The summed E-state index contributed by atoms with van der Waals surface area (Å²) < 4.78 is 27.3. The van der Waals surface area contributed by atoms with E-state index in [0.717, 1.165) is 22.6 Å². The van der Waals surface area contributed by atoms with Crippen LogP contribution in [-0.2, 0) is 27.1 Å². The van der Waals surface area contributed by atoms with E-state index in [1.165, 1.54) is 0 Å². The van der Waals surface area contributed by atoms with Gasteiger partial charge in [0.1, 0.15) is 25.0 Å². The number of hydrogen-bond donors (Lipinski definition) is 0. The smallest absolute Gasteiger partial charge is 0.212 e. The predicted octanol–water partition coefficient (Wildman–Crippen LogP) is 2.63. The second-order valence-corrected chi connectivity index (χ2v) is 7.06. The van der Waals surface area contributed by atoms with Crippen LogP contribution in [0.15, 0.2) is 58.7 Å². The van der Waals surface area contributed by atoms with Gasteiger partial charge in [-0.05, 0) is 35.4 Å². The van der Waals surface area contributed by atoms with E-state index in [1.54, 1.807) is 24.2 Å². The van der Waals surface area contributed by atoms with Gasteiger partial charge in [0.05, 0.1) is 27.1 Å². The first kappa shape index (κ1) is 20.8. The van der Waals surface area contributed by atoms with Crippen LogP contribution in [0.1, 0.15) is 11.1 Å². The van der Waals surface area contributed by atoms with E-state index in [1.807, 2.05) is 48.5 Å². The molecule has 0 radical (unpaired) electrons. The summed E-state index contributed by atoms with van der Waals surface area (Å²) in [5.41, 5.74) is 2.21. The molecule has 0 aromatic heterocycles.